The van der Waals surface area contributed by atoms with E-state index in [4.69, 9.17) is 4.74 Å². The van der Waals surface area contributed by atoms with Crippen LogP contribution < -0.4 is 5.32 Å². The van der Waals surface area contributed by atoms with Crippen molar-refractivity contribution in [1.29, 1.82) is 0 Å². The molecule has 0 fully saturated rings. The maximum absolute atomic E-state index is 11.9. The lowest BCUT2D eigenvalue weighted by molar-refractivity contribution is -0.140. The molecular formula is C17H25NO4S. The van der Waals surface area contributed by atoms with Gasteiger partial charge in [0, 0.05) is 10.5 Å². The SMILES string of the molecule is CC(C)(C)OC(=O)N[C@H](C(=O)O)C(C)(C)SCc1ccccc1. The van der Waals surface area contributed by atoms with Crippen molar-refractivity contribution in [2.24, 2.45) is 0 Å². The molecule has 0 aliphatic rings. The van der Waals surface area contributed by atoms with Crippen molar-refractivity contribution >= 4 is 23.8 Å². The summed E-state index contributed by atoms with van der Waals surface area (Å²) in [5.41, 5.74) is 0.432. The van der Waals surface area contributed by atoms with Crippen molar-refractivity contribution in [2.75, 3.05) is 0 Å². The summed E-state index contributed by atoms with van der Waals surface area (Å²) in [6.07, 6.45) is -0.724. The smallest absolute Gasteiger partial charge is 0.408 e. The van der Waals surface area contributed by atoms with Gasteiger partial charge in [-0.2, -0.15) is 0 Å². The summed E-state index contributed by atoms with van der Waals surface area (Å²) >= 11 is 1.48. The van der Waals surface area contributed by atoms with E-state index >= 15 is 0 Å². The van der Waals surface area contributed by atoms with Crippen LogP contribution in [-0.2, 0) is 15.3 Å². The molecule has 5 nitrogen and oxygen atoms in total. The summed E-state index contributed by atoms with van der Waals surface area (Å²) in [6.45, 7) is 8.81. The minimum absolute atomic E-state index is 0.660. The first-order chi connectivity index (χ1) is 10.5. The molecule has 1 amide bonds. The molecule has 128 valence electrons. The molecule has 1 aromatic carbocycles. The average Bonchev–Trinajstić information content (AvgIpc) is 2.41. The first kappa shape index (κ1) is 19.4. The zero-order valence-corrected chi connectivity index (χ0v) is 15.1. The van der Waals surface area contributed by atoms with Crippen LogP contribution >= 0.6 is 11.8 Å². The third-order valence-corrected chi connectivity index (χ3v) is 4.51. The topological polar surface area (TPSA) is 75.6 Å². The number of carbonyl (C=O) groups excluding carboxylic acids is 1. The maximum Gasteiger partial charge on any atom is 0.408 e. The van der Waals surface area contributed by atoms with Gasteiger partial charge in [-0.25, -0.2) is 9.59 Å². The normalized spacial score (nSPS) is 13.3. The maximum atomic E-state index is 11.9. The van der Waals surface area contributed by atoms with Gasteiger partial charge in [0.15, 0.2) is 0 Å². The fourth-order valence-electron chi connectivity index (χ4n) is 1.89. The molecule has 1 atom stereocenters. The molecule has 0 bridgehead atoms. The Bertz CT molecular complexity index is 537. The van der Waals surface area contributed by atoms with E-state index in [-0.39, 0.29) is 0 Å². The van der Waals surface area contributed by atoms with E-state index in [0.717, 1.165) is 5.56 Å². The summed E-state index contributed by atoms with van der Waals surface area (Å²) in [7, 11) is 0. The number of aliphatic carboxylic acids is 1. The number of alkyl carbamates (subject to hydrolysis) is 1. The number of ether oxygens (including phenoxy) is 1. The number of carboxylic acids is 1. The molecule has 0 spiro atoms. The van der Waals surface area contributed by atoms with Crippen molar-refractivity contribution in [3.8, 4) is 0 Å². The van der Waals surface area contributed by atoms with E-state index in [1.807, 2.05) is 30.3 Å². The molecule has 0 aromatic heterocycles. The van der Waals surface area contributed by atoms with Gasteiger partial charge in [-0.3, -0.25) is 0 Å². The highest BCUT2D eigenvalue weighted by atomic mass is 32.2. The van der Waals surface area contributed by atoms with E-state index < -0.39 is 28.5 Å². The van der Waals surface area contributed by atoms with Crippen LogP contribution in [0.1, 0.15) is 40.2 Å². The van der Waals surface area contributed by atoms with Crippen molar-refractivity contribution in [3.63, 3.8) is 0 Å². The second-order valence-corrected chi connectivity index (χ2v) is 8.42. The Morgan fingerprint density at radius 3 is 2.22 bits per heavy atom. The lowest BCUT2D eigenvalue weighted by Gasteiger charge is -2.32. The summed E-state index contributed by atoms with van der Waals surface area (Å²) in [6, 6.07) is 8.74. The Balaban J connectivity index is 2.74. The van der Waals surface area contributed by atoms with Gasteiger partial charge in [0.1, 0.15) is 11.6 Å². The van der Waals surface area contributed by atoms with Crippen LogP contribution in [0.5, 0.6) is 0 Å². The van der Waals surface area contributed by atoms with Gasteiger partial charge >= 0.3 is 12.1 Å². The first-order valence-electron chi connectivity index (χ1n) is 7.41. The number of nitrogens with one attached hydrogen (secondary N) is 1. The Morgan fingerprint density at radius 1 is 1.17 bits per heavy atom. The number of hydrogen-bond acceptors (Lipinski definition) is 4. The van der Waals surface area contributed by atoms with Crippen LogP contribution in [0.2, 0.25) is 0 Å². The highest BCUT2D eigenvalue weighted by Crippen LogP contribution is 2.31. The van der Waals surface area contributed by atoms with Crippen molar-refractivity contribution in [2.45, 2.75) is 56.8 Å². The van der Waals surface area contributed by atoms with Crippen LogP contribution in [0.15, 0.2) is 30.3 Å². The number of rotatable bonds is 6. The standard InChI is InChI=1S/C17H25NO4S/c1-16(2,3)22-15(21)18-13(14(19)20)17(4,5)23-11-12-9-7-6-8-10-12/h6-10,13H,11H2,1-5H3,(H,18,21)(H,19,20)/t13-/m1/s1. The lowest BCUT2D eigenvalue weighted by atomic mass is 10.0. The van der Waals surface area contributed by atoms with Crippen molar-refractivity contribution in [1.82, 2.24) is 5.32 Å². The van der Waals surface area contributed by atoms with Gasteiger partial charge in [0.25, 0.3) is 0 Å². The second-order valence-electron chi connectivity index (χ2n) is 6.80. The molecule has 1 rings (SSSR count). The summed E-state index contributed by atoms with van der Waals surface area (Å²) < 4.78 is 4.46. The minimum Gasteiger partial charge on any atom is -0.480 e. The minimum atomic E-state index is -1.08. The first-order valence-corrected chi connectivity index (χ1v) is 8.40. The number of hydrogen-bond donors (Lipinski definition) is 2. The fourth-order valence-corrected chi connectivity index (χ4v) is 2.94. The number of carboxylic acid groups (broad SMARTS) is 1. The molecule has 1 aromatic rings. The highest BCUT2D eigenvalue weighted by molar-refractivity contribution is 7.99. The Labute approximate surface area is 141 Å². The summed E-state index contributed by atoms with van der Waals surface area (Å²) in [4.78, 5) is 23.5. The van der Waals surface area contributed by atoms with E-state index in [1.165, 1.54) is 11.8 Å². The molecular weight excluding hydrogens is 314 g/mol. The third-order valence-electron chi connectivity index (χ3n) is 3.06. The van der Waals surface area contributed by atoms with Crippen LogP contribution in [-0.4, -0.2) is 33.6 Å². The fraction of sp³-hybridized carbons (Fsp3) is 0.529. The average molecular weight is 339 g/mol. The van der Waals surface area contributed by atoms with Gasteiger partial charge < -0.3 is 15.2 Å². The number of benzene rings is 1. The molecule has 0 saturated carbocycles. The van der Waals surface area contributed by atoms with Gasteiger partial charge in [0.2, 0.25) is 0 Å². The van der Waals surface area contributed by atoms with Crippen LogP contribution in [0, 0.1) is 0 Å². The van der Waals surface area contributed by atoms with Crippen LogP contribution in [0.3, 0.4) is 0 Å². The Morgan fingerprint density at radius 2 is 1.74 bits per heavy atom. The Hall–Kier alpha value is -1.69. The molecule has 0 radical (unpaired) electrons. The van der Waals surface area contributed by atoms with Crippen molar-refractivity contribution in [3.05, 3.63) is 35.9 Å². The Kier molecular flexibility index (Phi) is 6.50. The van der Waals surface area contributed by atoms with E-state index in [9.17, 15) is 14.7 Å². The number of carbonyl (C=O) groups is 2. The monoisotopic (exact) mass is 339 g/mol. The number of amides is 1. The molecule has 0 saturated heterocycles. The quantitative estimate of drug-likeness (QED) is 0.827. The number of thioether (sulfide) groups is 1. The molecule has 0 heterocycles. The van der Waals surface area contributed by atoms with E-state index in [1.54, 1.807) is 34.6 Å². The van der Waals surface area contributed by atoms with E-state index in [0.29, 0.717) is 5.75 Å². The largest absolute Gasteiger partial charge is 0.480 e. The summed E-state index contributed by atoms with van der Waals surface area (Å²) in [5, 5.41) is 11.9. The molecule has 23 heavy (non-hydrogen) atoms. The van der Waals surface area contributed by atoms with Crippen molar-refractivity contribution < 1.29 is 19.4 Å². The highest BCUT2D eigenvalue weighted by Gasteiger charge is 2.38. The van der Waals surface area contributed by atoms with Gasteiger partial charge in [0.05, 0.1) is 0 Å². The molecule has 0 aliphatic carbocycles. The molecule has 2 N–H and O–H groups in total. The summed E-state index contributed by atoms with van der Waals surface area (Å²) in [5.74, 6) is -0.422. The predicted molar refractivity (Wildman–Crippen MR) is 92.6 cm³/mol. The lowest BCUT2D eigenvalue weighted by Crippen LogP contribution is -2.53. The predicted octanol–water partition coefficient (Wildman–Crippen LogP) is 3.68. The zero-order chi connectivity index (χ0) is 17.7. The van der Waals surface area contributed by atoms with Gasteiger partial charge in [-0.1, -0.05) is 30.3 Å². The van der Waals surface area contributed by atoms with Crippen LogP contribution in [0.4, 0.5) is 4.79 Å². The second kappa shape index (κ2) is 7.73. The molecule has 6 heteroatoms. The molecule has 0 unspecified atom stereocenters. The van der Waals surface area contributed by atoms with Gasteiger partial charge in [-0.05, 0) is 40.2 Å². The zero-order valence-electron chi connectivity index (χ0n) is 14.3. The molecule has 0 aliphatic heterocycles. The third kappa shape index (κ3) is 6.95. The van der Waals surface area contributed by atoms with Crippen LogP contribution in [0.25, 0.3) is 0 Å². The van der Waals surface area contributed by atoms with Gasteiger partial charge in [-0.15, -0.1) is 11.8 Å². The van der Waals surface area contributed by atoms with E-state index in [2.05, 4.69) is 5.32 Å².